The van der Waals surface area contributed by atoms with Crippen molar-refractivity contribution in [1.29, 1.82) is 0 Å². The Bertz CT molecular complexity index is 1390. The van der Waals surface area contributed by atoms with Crippen LogP contribution in [-0.2, 0) is 0 Å². The molecule has 1 aliphatic heterocycles. The molecule has 4 aromatic rings. The quantitative estimate of drug-likeness (QED) is 0.381. The first kappa shape index (κ1) is 22.2. The molecule has 2 aromatic heterocycles. The van der Waals surface area contributed by atoms with Gasteiger partial charge in [-0.15, -0.1) is 11.3 Å². The van der Waals surface area contributed by atoms with Crippen LogP contribution in [0.5, 0.6) is 0 Å². The number of halogens is 2. The number of piperazine rings is 1. The van der Waals surface area contributed by atoms with Crippen LogP contribution in [0.15, 0.2) is 57.7 Å². The summed E-state index contributed by atoms with van der Waals surface area (Å²) in [5.41, 5.74) is 0.975. The number of hydrogen-bond donors (Lipinski definition) is 1. The summed E-state index contributed by atoms with van der Waals surface area (Å²) in [6, 6.07) is 14.5. The Morgan fingerprint density at radius 1 is 1.03 bits per heavy atom. The molecule has 170 valence electrons. The number of nitrogens with zero attached hydrogens (tertiary/aromatic N) is 2. The van der Waals surface area contributed by atoms with E-state index < -0.39 is 0 Å². The Balaban J connectivity index is 1.18. The molecule has 1 fully saturated rings. The number of benzene rings is 2. The molecule has 9 heteroatoms. The molecule has 33 heavy (non-hydrogen) atoms. The summed E-state index contributed by atoms with van der Waals surface area (Å²) in [4.78, 5) is 29.6. The van der Waals surface area contributed by atoms with Crippen molar-refractivity contribution in [1.82, 2.24) is 9.80 Å². The van der Waals surface area contributed by atoms with Gasteiger partial charge in [0.2, 0.25) is 0 Å². The maximum atomic E-state index is 13.1. The standard InChI is InChI=1S/C24H21Cl2N3O3S/c25-15-5-6-17-20(13-15)33-23(22(17)26)24(31)29-11-9-28(10-12-29)8-7-27-18-14-21(30)32-19-4-2-1-3-16(18)19/h1-6,13-14,27H,7-12H2. The third-order valence-electron chi connectivity index (χ3n) is 5.84. The lowest BCUT2D eigenvalue weighted by Crippen LogP contribution is -2.49. The molecule has 6 nitrogen and oxygen atoms in total. The number of thiophene rings is 1. The topological polar surface area (TPSA) is 65.8 Å². The molecule has 0 atom stereocenters. The van der Waals surface area contributed by atoms with Crippen LogP contribution in [-0.4, -0.2) is 55.0 Å². The summed E-state index contributed by atoms with van der Waals surface area (Å²) in [5, 5.41) is 6.23. The second-order valence-electron chi connectivity index (χ2n) is 7.92. The van der Waals surface area contributed by atoms with Gasteiger partial charge < -0.3 is 14.6 Å². The minimum absolute atomic E-state index is 0.0300. The highest BCUT2D eigenvalue weighted by Crippen LogP contribution is 2.37. The highest BCUT2D eigenvalue weighted by Gasteiger charge is 2.26. The zero-order valence-corrected chi connectivity index (χ0v) is 20.0. The van der Waals surface area contributed by atoms with Gasteiger partial charge in [-0.3, -0.25) is 9.69 Å². The van der Waals surface area contributed by atoms with E-state index in [2.05, 4.69) is 10.2 Å². The highest BCUT2D eigenvalue weighted by molar-refractivity contribution is 7.21. The van der Waals surface area contributed by atoms with Gasteiger partial charge in [0.05, 0.1) is 10.7 Å². The molecular weight excluding hydrogens is 481 g/mol. The van der Waals surface area contributed by atoms with Crippen molar-refractivity contribution < 1.29 is 9.21 Å². The van der Waals surface area contributed by atoms with E-state index in [0.717, 1.165) is 40.8 Å². The van der Waals surface area contributed by atoms with E-state index in [4.69, 9.17) is 27.6 Å². The molecular formula is C24H21Cl2N3O3S. The third-order valence-corrected chi connectivity index (χ3v) is 7.72. The lowest BCUT2D eigenvalue weighted by Gasteiger charge is -2.34. The Kier molecular flexibility index (Phi) is 6.29. The van der Waals surface area contributed by atoms with Crippen LogP contribution in [0.2, 0.25) is 10.0 Å². The molecule has 0 unspecified atom stereocenters. The van der Waals surface area contributed by atoms with Gasteiger partial charge >= 0.3 is 5.63 Å². The summed E-state index contributed by atoms with van der Waals surface area (Å²) in [6.07, 6.45) is 0. The number of rotatable bonds is 5. The van der Waals surface area contributed by atoms with Crippen LogP contribution in [0.25, 0.3) is 21.1 Å². The predicted octanol–water partition coefficient (Wildman–Crippen LogP) is 5.18. The number of para-hydroxylation sites is 1. The predicted molar refractivity (Wildman–Crippen MR) is 135 cm³/mol. The summed E-state index contributed by atoms with van der Waals surface area (Å²) in [6.45, 7) is 4.33. The van der Waals surface area contributed by atoms with E-state index in [1.54, 1.807) is 12.1 Å². The molecule has 1 saturated heterocycles. The van der Waals surface area contributed by atoms with E-state index in [1.807, 2.05) is 35.2 Å². The van der Waals surface area contributed by atoms with Gasteiger partial charge in [-0.1, -0.05) is 41.4 Å². The Morgan fingerprint density at radius 2 is 1.82 bits per heavy atom. The first-order valence-electron chi connectivity index (χ1n) is 10.7. The summed E-state index contributed by atoms with van der Waals surface area (Å²) in [7, 11) is 0. The summed E-state index contributed by atoms with van der Waals surface area (Å²) >= 11 is 14.0. The fourth-order valence-corrected chi connectivity index (χ4v) is 5.86. The van der Waals surface area contributed by atoms with Gasteiger partial charge in [0, 0.05) is 65.8 Å². The van der Waals surface area contributed by atoms with Crippen molar-refractivity contribution in [3.8, 4) is 0 Å². The van der Waals surface area contributed by atoms with Crippen molar-refractivity contribution in [2.45, 2.75) is 0 Å². The maximum absolute atomic E-state index is 13.1. The fourth-order valence-electron chi connectivity index (χ4n) is 4.10. The molecule has 0 aliphatic carbocycles. The molecule has 2 aromatic carbocycles. The Hall–Kier alpha value is -2.58. The van der Waals surface area contributed by atoms with E-state index in [-0.39, 0.29) is 11.5 Å². The average Bonchev–Trinajstić information content (AvgIpc) is 3.14. The normalized spacial score (nSPS) is 14.8. The van der Waals surface area contributed by atoms with Crippen molar-refractivity contribution in [2.24, 2.45) is 0 Å². The average molecular weight is 502 g/mol. The molecule has 0 bridgehead atoms. The van der Waals surface area contributed by atoms with E-state index in [0.29, 0.717) is 40.1 Å². The first-order chi connectivity index (χ1) is 16.0. The van der Waals surface area contributed by atoms with Crippen LogP contribution in [0.1, 0.15) is 9.67 Å². The molecule has 0 spiro atoms. The minimum Gasteiger partial charge on any atom is -0.423 e. The molecule has 3 heterocycles. The lowest BCUT2D eigenvalue weighted by molar-refractivity contribution is 0.0647. The smallest absolute Gasteiger partial charge is 0.338 e. The number of hydrogen-bond acceptors (Lipinski definition) is 6. The fraction of sp³-hybridized carbons (Fsp3) is 0.250. The SMILES string of the molecule is O=C(c1sc2cc(Cl)ccc2c1Cl)N1CCN(CCNc2cc(=O)oc3ccccc23)CC1. The van der Waals surface area contributed by atoms with Crippen molar-refractivity contribution in [3.05, 3.63) is 73.9 Å². The number of nitrogens with one attached hydrogen (secondary N) is 1. The molecule has 0 radical (unpaired) electrons. The van der Waals surface area contributed by atoms with Crippen LogP contribution in [0.3, 0.4) is 0 Å². The number of fused-ring (bicyclic) bond motifs is 2. The first-order valence-corrected chi connectivity index (χ1v) is 12.2. The second kappa shape index (κ2) is 9.35. The van der Waals surface area contributed by atoms with Gasteiger partial charge in [0.15, 0.2) is 0 Å². The zero-order valence-electron chi connectivity index (χ0n) is 17.6. The number of carbonyl (C=O) groups is 1. The summed E-state index contributed by atoms with van der Waals surface area (Å²) < 4.78 is 6.16. The minimum atomic E-state index is -0.370. The van der Waals surface area contributed by atoms with Crippen LogP contribution in [0, 0.1) is 0 Å². The number of anilines is 1. The second-order valence-corrected chi connectivity index (χ2v) is 9.79. The molecule has 5 rings (SSSR count). The van der Waals surface area contributed by atoms with Gasteiger partial charge in [-0.2, -0.15) is 0 Å². The maximum Gasteiger partial charge on any atom is 0.338 e. The van der Waals surface area contributed by atoms with Gasteiger partial charge in [0.1, 0.15) is 10.5 Å². The van der Waals surface area contributed by atoms with Crippen molar-refractivity contribution in [2.75, 3.05) is 44.6 Å². The van der Waals surface area contributed by atoms with Crippen LogP contribution >= 0.6 is 34.5 Å². The Labute approximate surface area is 204 Å². The van der Waals surface area contributed by atoms with E-state index >= 15 is 0 Å². The van der Waals surface area contributed by atoms with E-state index in [9.17, 15) is 9.59 Å². The monoisotopic (exact) mass is 501 g/mol. The van der Waals surface area contributed by atoms with Crippen molar-refractivity contribution >= 4 is 67.2 Å². The van der Waals surface area contributed by atoms with Crippen LogP contribution < -0.4 is 10.9 Å². The van der Waals surface area contributed by atoms with Crippen molar-refractivity contribution in [3.63, 3.8) is 0 Å². The molecule has 0 saturated carbocycles. The van der Waals surface area contributed by atoms with E-state index in [1.165, 1.54) is 17.4 Å². The highest BCUT2D eigenvalue weighted by atomic mass is 35.5. The third kappa shape index (κ3) is 4.59. The Morgan fingerprint density at radius 3 is 2.64 bits per heavy atom. The molecule has 1 amide bonds. The lowest BCUT2D eigenvalue weighted by atomic mass is 10.2. The van der Waals surface area contributed by atoms with Gasteiger partial charge in [-0.05, 0) is 24.3 Å². The zero-order chi connectivity index (χ0) is 22.9. The largest absolute Gasteiger partial charge is 0.423 e. The number of carbonyl (C=O) groups excluding carboxylic acids is 1. The van der Waals surface area contributed by atoms with Gasteiger partial charge in [0.25, 0.3) is 5.91 Å². The van der Waals surface area contributed by atoms with Gasteiger partial charge in [-0.25, -0.2) is 4.79 Å². The molecule has 1 N–H and O–H groups in total. The summed E-state index contributed by atoms with van der Waals surface area (Å²) in [5.74, 6) is -0.0300. The van der Waals surface area contributed by atoms with Crippen LogP contribution in [0.4, 0.5) is 5.69 Å². The molecule has 1 aliphatic rings. The number of amides is 1.